The normalized spacial score (nSPS) is 11.4. The van der Waals surface area contributed by atoms with Gasteiger partial charge in [0.1, 0.15) is 6.54 Å². The maximum absolute atomic E-state index is 12.5. The van der Waals surface area contributed by atoms with Crippen molar-refractivity contribution in [3.63, 3.8) is 0 Å². The summed E-state index contributed by atoms with van der Waals surface area (Å²) in [6.07, 6.45) is 4.74. The van der Waals surface area contributed by atoms with E-state index in [2.05, 4.69) is 15.0 Å². The van der Waals surface area contributed by atoms with Gasteiger partial charge in [-0.3, -0.25) is 14.6 Å². The van der Waals surface area contributed by atoms with Gasteiger partial charge in [-0.25, -0.2) is 13.1 Å². The van der Waals surface area contributed by atoms with Crippen molar-refractivity contribution in [1.82, 2.24) is 14.3 Å². The van der Waals surface area contributed by atoms with E-state index in [1.807, 2.05) is 0 Å². The molecule has 2 heterocycles. The van der Waals surface area contributed by atoms with Crippen molar-refractivity contribution in [2.75, 3.05) is 5.32 Å². The number of amides is 1. The van der Waals surface area contributed by atoms with Gasteiger partial charge in [-0.05, 0) is 54.1 Å². The number of fused-ring (bicyclic) bond motifs is 1. The second-order valence-electron chi connectivity index (χ2n) is 7.23. The molecule has 0 bridgehead atoms. The standard InChI is InChI=1S/C23H19ClN4O4S/c24-17-3-8-21-20(12-17)22(29)9-11-28(21)15-23(30)27-18-4-6-19(7-5-18)33(31,32)26-14-16-2-1-10-25-13-16/h1-13,26H,14-15H2,(H,27,30). The molecule has 0 radical (unpaired) electrons. The van der Waals surface area contributed by atoms with Crippen LogP contribution in [-0.4, -0.2) is 23.9 Å². The third kappa shape index (κ3) is 5.46. The third-order valence-corrected chi connectivity index (χ3v) is 6.54. The SMILES string of the molecule is O=C(Cn1ccc(=O)c2cc(Cl)ccc21)Nc1ccc(S(=O)(=O)NCc2cccnc2)cc1. The Kier molecular flexibility index (Phi) is 6.55. The molecule has 4 rings (SSSR count). The molecule has 0 saturated carbocycles. The zero-order valence-corrected chi connectivity index (χ0v) is 18.8. The first-order chi connectivity index (χ1) is 15.8. The molecule has 1 amide bonds. The summed E-state index contributed by atoms with van der Waals surface area (Å²) in [6, 6.07) is 15.6. The summed E-state index contributed by atoms with van der Waals surface area (Å²) in [5, 5.41) is 3.59. The van der Waals surface area contributed by atoms with Gasteiger partial charge in [0.05, 0.1) is 10.4 Å². The Hall–Kier alpha value is -3.53. The van der Waals surface area contributed by atoms with Crippen LogP contribution >= 0.6 is 11.6 Å². The van der Waals surface area contributed by atoms with Crippen LogP contribution in [-0.2, 0) is 27.9 Å². The predicted molar refractivity (Wildman–Crippen MR) is 127 cm³/mol. The van der Waals surface area contributed by atoms with Crippen LogP contribution in [0.5, 0.6) is 0 Å². The van der Waals surface area contributed by atoms with Gasteiger partial charge in [0.25, 0.3) is 0 Å². The molecule has 0 fully saturated rings. The average molecular weight is 483 g/mol. The first kappa shape index (κ1) is 22.7. The van der Waals surface area contributed by atoms with Crippen LogP contribution in [0.25, 0.3) is 10.9 Å². The number of hydrogen-bond donors (Lipinski definition) is 2. The van der Waals surface area contributed by atoms with Crippen LogP contribution in [0.4, 0.5) is 5.69 Å². The van der Waals surface area contributed by atoms with E-state index in [9.17, 15) is 18.0 Å². The summed E-state index contributed by atoms with van der Waals surface area (Å²) in [7, 11) is -3.72. The van der Waals surface area contributed by atoms with E-state index in [0.717, 1.165) is 5.56 Å². The predicted octanol–water partition coefficient (Wildman–Crippen LogP) is 3.17. The molecule has 2 aromatic carbocycles. The van der Waals surface area contributed by atoms with E-state index in [-0.39, 0.29) is 29.3 Å². The van der Waals surface area contributed by atoms with E-state index in [4.69, 9.17) is 11.6 Å². The molecule has 0 unspecified atom stereocenters. The Morgan fingerprint density at radius 2 is 1.85 bits per heavy atom. The number of sulfonamides is 1. The molecule has 33 heavy (non-hydrogen) atoms. The smallest absolute Gasteiger partial charge is 0.244 e. The van der Waals surface area contributed by atoms with Gasteiger partial charge in [-0.2, -0.15) is 0 Å². The van der Waals surface area contributed by atoms with E-state index < -0.39 is 10.0 Å². The first-order valence-corrected chi connectivity index (χ1v) is 11.8. The number of anilines is 1. The van der Waals surface area contributed by atoms with Crippen LogP contribution in [0.15, 0.2) is 88.9 Å². The van der Waals surface area contributed by atoms with Gasteiger partial charge >= 0.3 is 0 Å². The van der Waals surface area contributed by atoms with Gasteiger partial charge in [-0.1, -0.05) is 17.7 Å². The third-order valence-electron chi connectivity index (χ3n) is 4.89. The number of aromatic nitrogens is 2. The summed E-state index contributed by atoms with van der Waals surface area (Å²) >= 11 is 5.97. The quantitative estimate of drug-likeness (QED) is 0.420. The topological polar surface area (TPSA) is 110 Å². The van der Waals surface area contributed by atoms with E-state index >= 15 is 0 Å². The fraction of sp³-hybridized carbons (Fsp3) is 0.0870. The lowest BCUT2D eigenvalue weighted by molar-refractivity contribution is -0.116. The number of pyridine rings is 2. The number of rotatable bonds is 7. The number of carbonyl (C=O) groups excluding carboxylic acids is 1. The van der Waals surface area contributed by atoms with Crippen molar-refractivity contribution >= 4 is 44.1 Å². The molecule has 0 aliphatic carbocycles. The van der Waals surface area contributed by atoms with Crippen LogP contribution in [0, 0.1) is 0 Å². The summed E-state index contributed by atoms with van der Waals surface area (Å²) in [6.45, 7) is 0.0817. The number of carbonyl (C=O) groups is 1. The number of hydrogen-bond acceptors (Lipinski definition) is 5. The van der Waals surface area contributed by atoms with Gasteiger partial charge in [0.15, 0.2) is 5.43 Å². The van der Waals surface area contributed by atoms with Gasteiger partial charge < -0.3 is 9.88 Å². The van der Waals surface area contributed by atoms with E-state index in [0.29, 0.717) is 21.6 Å². The maximum atomic E-state index is 12.5. The summed E-state index contributed by atoms with van der Waals surface area (Å²) < 4.78 is 29.2. The Morgan fingerprint density at radius 1 is 1.06 bits per heavy atom. The Morgan fingerprint density at radius 3 is 2.58 bits per heavy atom. The fourth-order valence-electron chi connectivity index (χ4n) is 3.26. The molecule has 0 saturated heterocycles. The molecule has 0 aliphatic rings. The molecule has 0 spiro atoms. The highest BCUT2D eigenvalue weighted by molar-refractivity contribution is 7.89. The summed E-state index contributed by atoms with van der Waals surface area (Å²) in [5.74, 6) is -0.333. The minimum absolute atomic E-state index is 0.0366. The number of halogens is 1. The highest BCUT2D eigenvalue weighted by Crippen LogP contribution is 2.18. The maximum Gasteiger partial charge on any atom is 0.244 e. The zero-order valence-electron chi connectivity index (χ0n) is 17.2. The highest BCUT2D eigenvalue weighted by Gasteiger charge is 2.14. The number of nitrogens with zero attached hydrogens (tertiary/aromatic N) is 2. The summed E-state index contributed by atoms with van der Waals surface area (Å²) in [4.78, 5) is 28.6. The lowest BCUT2D eigenvalue weighted by Crippen LogP contribution is -2.23. The molecule has 2 N–H and O–H groups in total. The van der Waals surface area contributed by atoms with Crippen molar-refractivity contribution in [2.45, 2.75) is 18.0 Å². The van der Waals surface area contributed by atoms with Gasteiger partial charge in [-0.15, -0.1) is 0 Å². The molecule has 0 aliphatic heterocycles. The molecule has 0 atom stereocenters. The lowest BCUT2D eigenvalue weighted by Gasteiger charge is -2.12. The van der Waals surface area contributed by atoms with Crippen molar-refractivity contribution in [3.8, 4) is 0 Å². The highest BCUT2D eigenvalue weighted by atomic mass is 35.5. The molecular weight excluding hydrogens is 464 g/mol. The Balaban J connectivity index is 1.43. The molecular formula is C23H19ClN4O4S. The van der Waals surface area contributed by atoms with E-state index in [1.54, 1.807) is 53.5 Å². The Bertz CT molecular complexity index is 1470. The molecule has 8 nitrogen and oxygen atoms in total. The van der Waals surface area contributed by atoms with Gasteiger partial charge in [0.2, 0.25) is 15.9 Å². The first-order valence-electron chi connectivity index (χ1n) is 9.89. The van der Waals surface area contributed by atoms with E-state index in [1.165, 1.54) is 30.3 Å². The minimum atomic E-state index is -3.72. The van der Waals surface area contributed by atoms with Crippen LogP contribution in [0.1, 0.15) is 5.56 Å². The van der Waals surface area contributed by atoms with Crippen molar-refractivity contribution in [3.05, 3.63) is 100 Å². The molecule has 168 valence electrons. The van der Waals surface area contributed by atoms with Crippen molar-refractivity contribution in [1.29, 1.82) is 0 Å². The molecule has 10 heteroatoms. The Labute approximate surface area is 194 Å². The van der Waals surface area contributed by atoms with Crippen molar-refractivity contribution in [2.24, 2.45) is 0 Å². The number of nitrogens with one attached hydrogen (secondary N) is 2. The minimum Gasteiger partial charge on any atom is -0.338 e. The largest absolute Gasteiger partial charge is 0.338 e. The van der Waals surface area contributed by atoms with Crippen molar-refractivity contribution < 1.29 is 13.2 Å². The number of benzene rings is 2. The molecule has 4 aromatic rings. The second kappa shape index (κ2) is 9.53. The monoisotopic (exact) mass is 482 g/mol. The second-order valence-corrected chi connectivity index (χ2v) is 9.43. The fourth-order valence-corrected chi connectivity index (χ4v) is 4.45. The lowest BCUT2D eigenvalue weighted by atomic mass is 10.2. The average Bonchev–Trinajstić information content (AvgIpc) is 2.81. The van der Waals surface area contributed by atoms with Crippen LogP contribution < -0.4 is 15.5 Å². The van der Waals surface area contributed by atoms with Gasteiger partial charge in [0, 0.05) is 47.3 Å². The summed E-state index contributed by atoms with van der Waals surface area (Å²) in [5.41, 5.74) is 1.59. The van der Waals surface area contributed by atoms with Crippen LogP contribution in [0.2, 0.25) is 5.02 Å². The van der Waals surface area contributed by atoms with Crippen LogP contribution in [0.3, 0.4) is 0 Å². The zero-order chi connectivity index (χ0) is 23.4. The molecule has 2 aromatic heterocycles.